The Balaban J connectivity index is 2.42. The third-order valence-corrected chi connectivity index (χ3v) is 2.49. The van der Waals surface area contributed by atoms with Crippen molar-refractivity contribution in [3.63, 3.8) is 0 Å². The number of H-pyrrole nitrogens is 1. The highest BCUT2D eigenvalue weighted by atomic mass is 16.5. The third kappa shape index (κ3) is 2.17. The molecule has 2 aromatic heterocycles. The number of carbonyl (C=O) groups excluding carboxylic acids is 1. The number of ether oxygens (including phenoxy) is 2. The second-order valence-corrected chi connectivity index (χ2v) is 3.66. The second-order valence-electron chi connectivity index (χ2n) is 3.66. The molecule has 0 saturated carbocycles. The maximum Gasteiger partial charge on any atom is 0.358 e. The van der Waals surface area contributed by atoms with Crippen LogP contribution in [0.3, 0.4) is 0 Å². The molecule has 0 aromatic carbocycles. The van der Waals surface area contributed by atoms with Crippen LogP contribution in [-0.4, -0.2) is 35.1 Å². The van der Waals surface area contributed by atoms with Crippen molar-refractivity contribution in [3.8, 4) is 17.1 Å². The normalized spacial score (nSPS) is 10.2. The van der Waals surface area contributed by atoms with Gasteiger partial charge in [0.05, 0.1) is 20.4 Å². The lowest BCUT2D eigenvalue weighted by atomic mass is 10.2. The smallest absolute Gasteiger partial charge is 0.358 e. The van der Waals surface area contributed by atoms with Gasteiger partial charge >= 0.3 is 5.97 Å². The van der Waals surface area contributed by atoms with Crippen LogP contribution in [0, 0.1) is 6.92 Å². The van der Waals surface area contributed by atoms with Crippen LogP contribution in [-0.2, 0) is 4.74 Å². The Morgan fingerprint density at radius 2 is 2.11 bits per heavy atom. The highest BCUT2D eigenvalue weighted by Crippen LogP contribution is 2.21. The molecule has 2 heterocycles. The molecule has 94 valence electrons. The van der Waals surface area contributed by atoms with E-state index in [0.29, 0.717) is 17.3 Å². The Morgan fingerprint density at radius 3 is 2.78 bits per heavy atom. The molecular weight excluding hydrogens is 234 g/mol. The zero-order chi connectivity index (χ0) is 13.1. The minimum absolute atomic E-state index is 0.273. The molecule has 0 spiro atoms. The van der Waals surface area contributed by atoms with Crippen LogP contribution in [0.25, 0.3) is 11.4 Å². The molecule has 0 saturated heterocycles. The van der Waals surface area contributed by atoms with E-state index in [0.717, 1.165) is 5.56 Å². The number of aromatic nitrogens is 3. The van der Waals surface area contributed by atoms with E-state index in [9.17, 15) is 4.79 Å². The zero-order valence-corrected chi connectivity index (χ0v) is 10.4. The first-order chi connectivity index (χ1) is 8.65. The van der Waals surface area contributed by atoms with Gasteiger partial charge in [0, 0.05) is 17.5 Å². The molecule has 1 N–H and O–H groups in total. The minimum Gasteiger partial charge on any atom is -0.495 e. The van der Waals surface area contributed by atoms with Crippen molar-refractivity contribution in [2.45, 2.75) is 6.92 Å². The van der Waals surface area contributed by atoms with E-state index >= 15 is 0 Å². The molecule has 0 aliphatic carbocycles. The number of methoxy groups -OCH3 is 2. The standard InChI is InChI=1S/C12H13N3O3/c1-7-10(12(16)18-3)15-11(14-7)8-4-9(17-2)6-13-5-8/h4-6H,1-3H3,(H,14,15). The van der Waals surface area contributed by atoms with Crippen molar-refractivity contribution in [2.75, 3.05) is 14.2 Å². The van der Waals surface area contributed by atoms with Crippen LogP contribution < -0.4 is 4.74 Å². The fraction of sp³-hybridized carbons (Fsp3) is 0.250. The van der Waals surface area contributed by atoms with Crippen molar-refractivity contribution >= 4 is 5.97 Å². The van der Waals surface area contributed by atoms with E-state index in [2.05, 4.69) is 19.7 Å². The number of aryl methyl sites for hydroxylation is 1. The minimum atomic E-state index is -0.467. The number of carbonyl (C=O) groups is 1. The van der Waals surface area contributed by atoms with E-state index in [-0.39, 0.29) is 5.69 Å². The predicted molar refractivity (Wildman–Crippen MR) is 64.4 cm³/mol. The van der Waals surface area contributed by atoms with Gasteiger partial charge in [0.15, 0.2) is 5.69 Å². The van der Waals surface area contributed by atoms with Gasteiger partial charge in [-0.05, 0) is 13.0 Å². The highest BCUT2D eigenvalue weighted by Gasteiger charge is 2.16. The van der Waals surface area contributed by atoms with Gasteiger partial charge in [-0.15, -0.1) is 0 Å². The summed E-state index contributed by atoms with van der Waals surface area (Å²) in [6.45, 7) is 1.76. The summed E-state index contributed by atoms with van der Waals surface area (Å²) in [5, 5.41) is 0. The lowest BCUT2D eigenvalue weighted by Crippen LogP contribution is -2.03. The summed E-state index contributed by atoms with van der Waals surface area (Å²) in [4.78, 5) is 22.7. The monoisotopic (exact) mass is 247 g/mol. The second kappa shape index (κ2) is 4.87. The lowest BCUT2D eigenvalue weighted by Gasteiger charge is -2.00. The fourth-order valence-electron chi connectivity index (χ4n) is 1.55. The molecule has 18 heavy (non-hydrogen) atoms. The molecule has 0 amide bonds. The summed E-state index contributed by atoms with van der Waals surface area (Å²) in [5.74, 6) is 0.714. The summed E-state index contributed by atoms with van der Waals surface area (Å²) in [6.07, 6.45) is 3.24. The highest BCUT2D eigenvalue weighted by molar-refractivity contribution is 5.89. The van der Waals surface area contributed by atoms with Gasteiger partial charge < -0.3 is 14.5 Å². The first-order valence-corrected chi connectivity index (χ1v) is 5.30. The first-order valence-electron chi connectivity index (χ1n) is 5.30. The number of nitrogens with one attached hydrogen (secondary N) is 1. The van der Waals surface area contributed by atoms with Crippen molar-refractivity contribution in [2.24, 2.45) is 0 Å². The number of hydrogen-bond donors (Lipinski definition) is 1. The van der Waals surface area contributed by atoms with Gasteiger partial charge in [0.1, 0.15) is 11.6 Å². The predicted octanol–water partition coefficient (Wildman–Crippen LogP) is 1.58. The van der Waals surface area contributed by atoms with Crippen molar-refractivity contribution in [1.29, 1.82) is 0 Å². The van der Waals surface area contributed by atoms with Gasteiger partial charge in [-0.3, -0.25) is 4.98 Å². The average molecular weight is 247 g/mol. The van der Waals surface area contributed by atoms with Gasteiger partial charge in [-0.25, -0.2) is 9.78 Å². The summed E-state index contributed by atoms with van der Waals surface area (Å²) in [5.41, 5.74) is 1.67. The molecule has 6 nitrogen and oxygen atoms in total. The number of aromatic amines is 1. The molecule has 0 radical (unpaired) electrons. The van der Waals surface area contributed by atoms with Crippen LogP contribution in [0.1, 0.15) is 16.2 Å². The van der Waals surface area contributed by atoms with Gasteiger partial charge in [0.2, 0.25) is 0 Å². The van der Waals surface area contributed by atoms with Gasteiger partial charge in [0.25, 0.3) is 0 Å². The van der Waals surface area contributed by atoms with Crippen LogP contribution in [0.4, 0.5) is 0 Å². The number of nitrogens with zero attached hydrogens (tertiary/aromatic N) is 2. The fourth-order valence-corrected chi connectivity index (χ4v) is 1.55. The molecule has 2 rings (SSSR count). The summed E-state index contributed by atoms with van der Waals surface area (Å²) in [7, 11) is 2.89. The Bertz CT molecular complexity index is 578. The van der Waals surface area contributed by atoms with E-state index in [1.807, 2.05) is 0 Å². The Kier molecular flexibility index (Phi) is 3.27. The number of hydrogen-bond acceptors (Lipinski definition) is 5. The zero-order valence-electron chi connectivity index (χ0n) is 10.4. The molecule has 0 fully saturated rings. The number of pyridine rings is 1. The Labute approximate surface area is 104 Å². The largest absolute Gasteiger partial charge is 0.495 e. The topological polar surface area (TPSA) is 77.1 Å². The number of esters is 1. The van der Waals surface area contributed by atoms with Crippen LogP contribution in [0.15, 0.2) is 18.5 Å². The molecule has 0 aliphatic rings. The first kappa shape index (κ1) is 12.1. The number of rotatable bonds is 3. The van der Waals surface area contributed by atoms with Gasteiger partial charge in [-0.2, -0.15) is 0 Å². The molecule has 0 aliphatic heterocycles. The summed E-state index contributed by atoms with van der Waals surface area (Å²) >= 11 is 0. The van der Waals surface area contributed by atoms with Crippen molar-refractivity contribution in [3.05, 3.63) is 29.8 Å². The van der Waals surface area contributed by atoms with Crippen molar-refractivity contribution in [1.82, 2.24) is 15.0 Å². The van der Waals surface area contributed by atoms with E-state index in [1.165, 1.54) is 7.11 Å². The molecule has 0 atom stereocenters. The molecule has 6 heteroatoms. The maximum atomic E-state index is 11.5. The van der Waals surface area contributed by atoms with E-state index in [1.54, 1.807) is 32.5 Å². The van der Waals surface area contributed by atoms with E-state index < -0.39 is 5.97 Å². The quantitative estimate of drug-likeness (QED) is 0.833. The third-order valence-electron chi connectivity index (χ3n) is 2.49. The molecule has 0 bridgehead atoms. The summed E-state index contributed by atoms with van der Waals surface area (Å²) in [6, 6.07) is 1.78. The molecule has 0 unspecified atom stereocenters. The molecular formula is C12H13N3O3. The maximum absolute atomic E-state index is 11.5. The van der Waals surface area contributed by atoms with Crippen LogP contribution in [0.2, 0.25) is 0 Å². The van der Waals surface area contributed by atoms with Crippen LogP contribution >= 0.6 is 0 Å². The van der Waals surface area contributed by atoms with Crippen molar-refractivity contribution < 1.29 is 14.3 Å². The van der Waals surface area contributed by atoms with E-state index in [4.69, 9.17) is 4.74 Å². The molecule has 2 aromatic rings. The lowest BCUT2D eigenvalue weighted by molar-refractivity contribution is 0.0594. The number of imidazole rings is 1. The average Bonchev–Trinajstić information content (AvgIpc) is 2.80. The SMILES string of the molecule is COC(=O)c1nc(-c2cncc(OC)c2)[nH]c1C. The van der Waals surface area contributed by atoms with Gasteiger partial charge in [-0.1, -0.05) is 0 Å². The summed E-state index contributed by atoms with van der Waals surface area (Å²) < 4.78 is 9.74. The Morgan fingerprint density at radius 1 is 1.33 bits per heavy atom. The van der Waals surface area contributed by atoms with Crippen LogP contribution in [0.5, 0.6) is 5.75 Å². The Hall–Kier alpha value is -2.37.